The van der Waals surface area contributed by atoms with Crippen molar-refractivity contribution in [3.8, 4) is 0 Å². The average molecular weight is 142 g/mol. The van der Waals surface area contributed by atoms with Gasteiger partial charge in [-0.05, 0) is 25.7 Å². The van der Waals surface area contributed by atoms with Crippen LogP contribution < -0.4 is 0 Å². The van der Waals surface area contributed by atoms with Crippen LogP contribution >= 0.6 is 0 Å². The second-order valence-corrected chi connectivity index (χ2v) is 2.48. The van der Waals surface area contributed by atoms with Crippen molar-refractivity contribution >= 4 is 0 Å². The molecule has 0 aliphatic heterocycles. The number of hydrogen-bond donors (Lipinski definition) is 1. The van der Waals surface area contributed by atoms with Crippen LogP contribution in [0.1, 0.15) is 39.0 Å². The van der Waals surface area contributed by atoms with Crippen LogP contribution in [0.5, 0.6) is 0 Å². The number of aliphatic hydroxyl groups excluding tert-OH is 1. The molecule has 0 aromatic rings. The molecule has 0 amide bonds. The summed E-state index contributed by atoms with van der Waals surface area (Å²) in [5.41, 5.74) is 0. The standard InChI is InChI=1S/C5H8.C4H10O/c1-2-4-5-3-1;1-2-3-4-5/h1-2H,3-5H2;5H,2-4H2,1H3. The van der Waals surface area contributed by atoms with Crippen LogP contribution in [0.3, 0.4) is 0 Å². The third kappa shape index (κ3) is 7.70. The summed E-state index contributed by atoms with van der Waals surface area (Å²) >= 11 is 0. The van der Waals surface area contributed by atoms with Gasteiger partial charge >= 0.3 is 0 Å². The summed E-state index contributed by atoms with van der Waals surface area (Å²) < 4.78 is 0. The van der Waals surface area contributed by atoms with Crippen molar-refractivity contribution in [2.24, 2.45) is 0 Å². The van der Waals surface area contributed by atoms with E-state index in [1.807, 2.05) is 0 Å². The first-order valence-electron chi connectivity index (χ1n) is 4.17. The van der Waals surface area contributed by atoms with Crippen LogP contribution in [-0.2, 0) is 0 Å². The maximum atomic E-state index is 8.07. The second kappa shape index (κ2) is 8.70. The number of rotatable bonds is 2. The van der Waals surface area contributed by atoms with Gasteiger partial charge in [-0.3, -0.25) is 0 Å². The molecule has 0 unspecified atom stereocenters. The Bertz CT molecular complexity index is 68.8. The quantitative estimate of drug-likeness (QED) is 0.587. The monoisotopic (exact) mass is 142 g/mol. The van der Waals surface area contributed by atoms with Gasteiger partial charge in [0.1, 0.15) is 0 Å². The Hall–Kier alpha value is -0.300. The summed E-state index contributed by atoms with van der Waals surface area (Å²) in [6.07, 6.45) is 10.5. The lowest BCUT2D eigenvalue weighted by Gasteiger charge is -1.79. The van der Waals surface area contributed by atoms with E-state index >= 15 is 0 Å². The van der Waals surface area contributed by atoms with Crippen molar-refractivity contribution in [3.05, 3.63) is 12.2 Å². The summed E-state index contributed by atoms with van der Waals surface area (Å²) in [5.74, 6) is 0. The number of unbranched alkanes of at least 4 members (excludes halogenated alkanes) is 1. The zero-order valence-corrected chi connectivity index (χ0v) is 6.84. The van der Waals surface area contributed by atoms with Crippen molar-refractivity contribution in [3.63, 3.8) is 0 Å². The molecule has 1 aliphatic carbocycles. The van der Waals surface area contributed by atoms with Gasteiger partial charge in [0.05, 0.1) is 0 Å². The Kier molecular flexibility index (Phi) is 8.44. The highest BCUT2D eigenvalue weighted by atomic mass is 16.2. The summed E-state index contributed by atoms with van der Waals surface area (Å²) in [7, 11) is 0. The third-order valence-corrected chi connectivity index (χ3v) is 1.42. The summed E-state index contributed by atoms with van der Waals surface area (Å²) in [6.45, 7) is 2.40. The zero-order valence-electron chi connectivity index (χ0n) is 6.84. The first-order valence-corrected chi connectivity index (χ1v) is 4.17. The predicted octanol–water partition coefficient (Wildman–Crippen LogP) is 2.51. The van der Waals surface area contributed by atoms with E-state index in [-0.39, 0.29) is 0 Å². The molecule has 0 spiro atoms. The fourth-order valence-electron chi connectivity index (χ4n) is 0.747. The lowest BCUT2D eigenvalue weighted by Crippen LogP contribution is -1.75. The molecule has 0 heterocycles. The predicted molar refractivity (Wildman–Crippen MR) is 45.0 cm³/mol. The highest BCUT2D eigenvalue weighted by molar-refractivity contribution is 4.88. The van der Waals surface area contributed by atoms with Crippen LogP contribution in [0, 0.1) is 0 Å². The molecule has 1 rings (SSSR count). The highest BCUT2D eigenvalue weighted by Crippen LogP contribution is 2.05. The van der Waals surface area contributed by atoms with Crippen molar-refractivity contribution in [1.82, 2.24) is 0 Å². The van der Waals surface area contributed by atoms with Gasteiger partial charge in [-0.15, -0.1) is 0 Å². The van der Waals surface area contributed by atoms with Crippen molar-refractivity contribution in [1.29, 1.82) is 0 Å². The van der Waals surface area contributed by atoms with Gasteiger partial charge in [0.2, 0.25) is 0 Å². The van der Waals surface area contributed by atoms with E-state index in [2.05, 4.69) is 19.1 Å². The number of aliphatic hydroxyl groups is 1. The van der Waals surface area contributed by atoms with E-state index in [0.717, 1.165) is 12.8 Å². The summed E-state index contributed by atoms with van der Waals surface area (Å²) in [5, 5.41) is 8.07. The Morgan fingerprint density at radius 3 is 2.00 bits per heavy atom. The highest BCUT2D eigenvalue weighted by Gasteiger charge is 1.84. The van der Waals surface area contributed by atoms with Crippen LogP contribution in [0.15, 0.2) is 12.2 Å². The molecule has 0 atom stereocenters. The minimum atomic E-state index is 0.344. The molecule has 0 saturated carbocycles. The normalized spacial score (nSPS) is 14.6. The number of allylic oxidation sites excluding steroid dienone is 2. The zero-order chi connectivity index (χ0) is 7.66. The van der Waals surface area contributed by atoms with Crippen LogP contribution in [0.4, 0.5) is 0 Å². The van der Waals surface area contributed by atoms with E-state index < -0.39 is 0 Å². The van der Waals surface area contributed by atoms with E-state index in [1.54, 1.807) is 0 Å². The fourth-order valence-corrected chi connectivity index (χ4v) is 0.747. The van der Waals surface area contributed by atoms with E-state index in [4.69, 9.17) is 5.11 Å². The first kappa shape index (κ1) is 9.70. The molecule has 0 bridgehead atoms. The Morgan fingerprint density at radius 2 is 1.90 bits per heavy atom. The van der Waals surface area contributed by atoms with Gasteiger partial charge in [0.25, 0.3) is 0 Å². The molecule has 1 aliphatic rings. The van der Waals surface area contributed by atoms with Gasteiger partial charge in [0, 0.05) is 6.61 Å². The summed E-state index contributed by atoms with van der Waals surface area (Å²) in [6, 6.07) is 0. The molecule has 0 fully saturated rings. The van der Waals surface area contributed by atoms with E-state index in [0.29, 0.717) is 6.61 Å². The van der Waals surface area contributed by atoms with E-state index in [9.17, 15) is 0 Å². The maximum absolute atomic E-state index is 8.07. The number of hydrogen-bond acceptors (Lipinski definition) is 1. The van der Waals surface area contributed by atoms with Crippen molar-refractivity contribution in [2.75, 3.05) is 6.61 Å². The molecule has 1 N–H and O–H groups in total. The molecule has 1 heteroatoms. The molecular formula is C9H18O. The van der Waals surface area contributed by atoms with Crippen molar-refractivity contribution < 1.29 is 5.11 Å². The minimum absolute atomic E-state index is 0.344. The van der Waals surface area contributed by atoms with Gasteiger partial charge in [-0.2, -0.15) is 0 Å². The molecular weight excluding hydrogens is 124 g/mol. The molecule has 1 nitrogen and oxygen atoms in total. The lowest BCUT2D eigenvalue weighted by atomic mass is 10.4. The lowest BCUT2D eigenvalue weighted by molar-refractivity contribution is 0.287. The maximum Gasteiger partial charge on any atom is 0.0430 e. The molecule has 0 aromatic heterocycles. The first-order chi connectivity index (χ1) is 4.91. The van der Waals surface area contributed by atoms with Gasteiger partial charge in [-0.1, -0.05) is 25.5 Å². The average Bonchev–Trinajstić information content (AvgIpc) is 2.44. The SMILES string of the molecule is C1=CCCC1.CCCCO. The van der Waals surface area contributed by atoms with E-state index in [1.165, 1.54) is 19.3 Å². The van der Waals surface area contributed by atoms with Crippen LogP contribution in [0.25, 0.3) is 0 Å². The Morgan fingerprint density at radius 1 is 1.30 bits per heavy atom. The fraction of sp³-hybridized carbons (Fsp3) is 0.778. The molecule has 60 valence electrons. The molecule has 0 aromatic carbocycles. The topological polar surface area (TPSA) is 20.2 Å². The van der Waals surface area contributed by atoms with Gasteiger partial charge < -0.3 is 5.11 Å². The Labute approximate surface area is 63.8 Å². The van der Waals surface area contributed by atoms with Gasteiger partial charge in [0.15, 0.2) is 0 Å². The third-order valence-electron chi connectivity index (χ3n) is 1.42. The van der Waals surface area contributed by atoms with Crippen LogP contribution in [-0.4, -0.2) is 11.7 Å². The smallest absolute Gasteiger partial charge is 0.0430 e. The second-order valence-electron chi connectivity index (χ2n) is 2.48. The molecule has 10 heavy (non-hydrogen) atoms. The van der Waals surface area contributed by atoms with Crippen LogP contribution in [0.2, 0.25) is 0 Å². The van der Waals surface area contributed by atoms with Crippen molar-refractivity contribution in [2.45, 2.75) is 39.0 Å². The largest absolute Gasteiger partial charge is 0.396 e. The Balaban J connectivity index is 0.000000162. The van der Waals surface area contributed by atoms with Gasteiger partial charge in [-0.25, -0.2) is 0 Å². The molecule has 0 saturated heterocycles. The minimum Gasteiger partial charge on any atom is -0.396 e. The summed E-state index contributed by atoms with van der Waals surface area (Å²) in [4.78, 5) is 0. The molecule has 0 radical (unpaired) electrons.